The van der Waals surface area contributed by atoms with Crippen LogP contribution in [0.5, 0.6) is 5.75 Å². The monoisotopic (exact) mass is 586 g/mol. The molecule has 0 bridgehead atoms. The molecule has 0 unspecified atom stereocenters. The van der Waals surface area contributed by atoms with E-state index in [1.165, 1.54) is 12.1 Å². The maximum atomic E-state index is 13.1. The molecule has 7 nitrogen and oxygen atoms in total. The summed E-state index contributed by atoms with van der Waals surface area (Å²) in [6, 6.07) is 19.8. The van der Waals surface area contributed by atoms with Crippen molar-refractivity contribution < 1.29 is 22.7 Å². The van der Waals surface area contributed by atoms with Gasteiger partial charge in [0, 0.05) is 17.6 Å². The number of nitrogens with one attached hydrogen (secondary N) is 1. The van der Waals surface area contributed by atoms with E-state index < -0.39 is 15.6 Å². The van der Waals surface area contributed by atoms with Crippen LogP contribution in [0.3, 0.4) is 0 Å². The van der Waals surface area contributed by atoms with Crippen molar-refractivity contribution in [2.75, 3.05) is 17.8 Å². The van der Waals surface area contributed by atoms with Crippen LogP contribution in [0.1, 0.15) is 37.5 Å². The fourth-order valence-corrected chi connectivity index (χ4v) is 5.91. The Morgan fingerprint density at radius 2 is 1.65 bits per heavy atom. The molecule has 196 valence electrons. The van der Waals surface area contributed by atoms with E-state index in [2.05, 4.69) is 20.7 Å². The number of halogens is 1. The van der Waals surface area contributed by atoms with E-state index in [1.807, 2.05) is 57.2 Å². The van der Waals surface area contributed by atoms with Crippen LogP contribution >= 0.6 is 15.9 Å². The Kier molecular flexibility index (Phi) is 8.14. The molecular weight excluding hydrogens is 556 g/mol. The van der Waals surface area contributed by atoms with Gasteiger partial charge in [-0.2, -0.15) is 0 Å². The molecule has 0 aromatic heterocycles. The number of nitrogens with zero attached hydrogens (tertiary/aromatic N) is 1. The third-order valence-corrected chi connectivity index (χ3v) is 8.19. The Bertz CT molecular complexity index is 1350. The number of benzene rings is 3. The molecule has 4 rings (SSSR count). The van der Waals surface area contributed by atoms with Crippen LogP contribution in [0.25, 0.3) is 0 Å². The van der Waals surface area contributed by atoms with Crippen molar-refractivity contribution in [3.05, 3.63) is 87.9 Å². The van der Waals surface area contributed by atoms with Crippen molar-refractivity contribution in [1.82, 2.24) is 4.90 Å². The largest absolute Gasteiger partial charge is 0.489 e. The molecule has 9 heteroatoms. The second-order valence-corrected chi connectivity index (χ2v) is 12.4. The minimum Gasteiger partial charge on any atom is -0.489 e. The molecule has 3 aromatic rings. The summed E-state index contributed by atoms with van der Waals surface area (Å²) in [4.78, 5) is 14.4. The fraction of sp³-hybridized carbons (Fsp3) is 0.321. The zero-order valence-electron chi connectivity index (χ0n) is 21.2. The lowest BCUT2D eigenvalue weighted by Gasteiger charge is -2.26. The topological polar surface area (TPSA) is 84.9 Å². The van der Waals surface area contributed by atoms with Gasteiger partial charge >= 0.3 is 6.09 Å². The molecule has 0 saturated carbocycles. The summed E-state index contributed by atoms with van der Waals surface area (Å²) in [6.45, 7) is 6.96. The quantitative estimate of drug-likeness (QED) is 0.373. The summed E-state index contributed by atoms with van der Waals surface area (Å²) < 4.78 is 40.9. The first-order valence-electron chi connectivity index (χ1n) is 12.1. The molecule has 0 saturated heterocycles. The van der Waals surface area contributed by atoms with Crippen molar-refractivity contribution in [3.8, 4) is 5.75 Å². The van der Waals surface area contributed by atoms with Crippen LogP contribution in [-0.4, -0.2) is 38.1 Å². The third-order valence-electron chi connectivity index (χ3n) is 5.90. The third kappa shape index (κ3) is 7.05. The van der Waals surface area contributed by atoms with E-state index in [0.29, 0.717) is 48.4 Å². The minimum absolute atomic E-state index is 0.137. The van der Waals surface area contributed by atoms with Gasteiger partial charge in [0.25, 0.3) is 10.0 Å². The zero-order valence-corrected chi connectivity index (χ0v) is 23.6. The van der Waals surface area contributed by atoms with Crippen molar-refractivity contribution >= 4 is 37.7 Å². The summed E-state index contributed by atoms with van der Waals surface area (Å²) in [6.07, 6.45) is 0.900. The second-order valence-electron chi connectivity index (χ2n) is 9.88. The number of carbonyl (C=O) groups excluding carboxylic acids is 1. The molecule has 1 aliphatic heterocycles. The number of hydrogen-bond donors (Lipinski definition) is 1. The number of carbonyl (C=O) groups is 1. The van der Waals surface area contributed by atoms with Crippen LogP contribution in [0.2, 0.25) is 0 Å². The maximum absolute atomic E-state index is 13.1. The summed E-state index contributed by atoms with van der Waals surface area (Å²) >= 11 is 3.61. The van der Waals surface area contributed by atoms with Gasteiger partial charge in [-0.1, -0.05) is 36.4 Å². The Hall–Kier alpha value is -3.04. The number of fused-ring (bicyclic) bond motifs is 1. The van der Waals surface area contributed by atoms with Gasteiger partial charge in [-0.05, 0) is 96.6 Å². The Labute approximate surface area is 227 Å². The van der Waals surface area contributed by atoms with Gasteiger partial charge in [-0.25, -0.2) is 13.2 Å². The predicted octanol–water partition coefficient (Wildman–Crippen LogP) is 6.16. The van der Waals surface area contributed by atoms with Crippen LogP contribution in [0.15, 0.2) is 76.1 Å². The zero-order chi connectivity index (χ0) is 26.6. The first kappa shape index (κ1) is 27.0. The highest BCUT2D eigenvalue weighted by atomic mass is 79.9. The molecule has 1 N–H and O–H groups in total. The van der Waals surface area contributed by atoms with E-state index in [1.54, 1.807) is 23.1 Å². The Balaban J connectivity index is 1.44. The lowest BCUT2D eigenvalue weighted by atomic mass is 10.0. The van der Waals surface area contributed by atoms with E-state index >= 15 is 0 Å². The van der Waals surface area contributed by atoms with E-state index in [4.69, 9.17) is 9.47 Å². The average molecular weight is 588 g/mol. The Morgan fingerprint density at radius 1 is 0.973 bits per heavy atom. The minimum atomic E-state index is -3.82. The highest BCUT2D eigenvalue weighted by Crippen LogP contribution is 2.33. The van der Waals surface area contributed by atoms with Gasteiger partial charge in [0.05, 0.1) is 10.6 Å². The molecule has 1 amide bonds. The number of sulfonamides is 1. The number of amides is 1. The summed E-state index contributed by atoms with van der Waals surface area (Å²) in [5.41, 5.74) is 2.97. The molecule has 1 heterocycles. The van der Waals surface area contributed by atoms with Crippen molar-refractivity contribution in [1.29, 1.82) is 0 Å². The SMILES string of the molecule is CC(C)(C)OC(=O)N1CCc2ccc(NS(=O)(=O)c3ccc(OCc4ccccc4)cc3)c(Br)c2CC1. The summed E-state index contributed by atoms with van der Waals surface area (Å²) in [5.74, 6) is 0.587. The fourth-order valence-electron chi connectivity index (χ4n) is 4.03. The van der Waals surface area contributed by atoms with Crippen LogP contribution in [0.4, 0.5) is 10.5 Å². The molecule has 1 aliphatic rings. The van der Waals surface area contributed by atoms with Gasteiger partial charge in [0.1, 0.15) is 18.0 Å². The van der Waals surface area contributed by atoms with Gasteiger partial charge in [0.2, 0.25) is 0 Å². The van der Waals surface area contributed by atoms with Gasteiger partial charge in [-0.15, -0.1) is 0 Å². The molecule has 0 spiro atoms. The molecule has 0 radical (unpaired) electrons. The molecule has 0 atom stereocenters. The van der Waals surface area contributed by atoms with Gasteiger partial charge in [-0.3, -0.25) is 4.72 Å². The van der Waals surface area contributed by atoms with Gasteiger partial charge < -0.3 is 14.4 Å². The first-order valence-corrected chi connectivity index (χ1v) is 14.4. The molecule has 37 heavy (non-hydrogen) atoms. The number of anilines is 1. The summed E-state index contributed by atoms with van der Waals surface area (Å²) in [7, 11) is -3.82. The molecule has 3 aromatic carbocycles. The average Bonchev–Trinajstić information content (AvgIpc) is 3.08. The summed E-state index contributed by atoms with van der Waals surface area (Å²) in [5, 5.41) is 0. The van der Waals surface area contributed by atoms with Gasteiger partial charge in [0.15, 0.2) is 0 Å². The van der Waals surface area contributed by atoms with E-state index in [9.17, 15) is 13.2 Å². The van der Waals surface area contributed by atoms with E-state index in [0.717, 1.165) is 16.7 Å². The van der Waals surface area contributed by atoms with Crippen LogP contribution < -0.4 is 9.46 Å². The molecule has 0 aliphatic carbocycles. The molecular formula is C28H31BrN2O5S. The lowest BCUT2D eigenvalue weighted by Crippen LogP contribution is -2.38. The highest BCUT2D eigenvalue weighted by Gasteiger charge is 2.26. The second kappa shape index (κ2) is 11.1. The Morgan fingerprint density at radius 3 is 2.32 bits per heavy atom. The van der Waals surface area contributed by atoms with Crippen LogP contribution in [0, 0.1) is 0 Å². The maximum Gasteiger partial charge on any atom is 0.410 e. The smallest absolute Gasteiger partial charge is 0.410 e. The van der Waals surface area contributed by atoms with E-state index in [-0.39, 0.29) is 11.0 Å². The first-order chi connectivity index (χ1) is 17.5. The normalized spacial score (nSPS) is 13.9. The van der Waals surface area contributed by atoms with Crippen LogP contribution in [-0.2, 0) is 34.2 Å². The number of ether oxygens (including phenoxy) is 2. The highest BCUT2D eigenvalue weighted by molar-refractivity contribution is 9.10. The van der Waals surface area contributed by atoms with Crippen molar-refractivity contribution in [3.63, 3.8) is 0 Å². The number of hydrogen-bond acceptors (Lipinski definition) is 5. The number of rotatable bonds is 6. The predicted molar refractivity (Wildman–Crippen MR) is 147 cm³/mol. The van der Waals surface area contributed by atoms with Crippen molar-refractivity contribution in [2.24, 2.45) is 0 Å². The van der Waals surface area contributed by atoms with Crippen molar-refractivity contribution in [2.45, 2.75) is 50.7 Å². The molecule has 0 fully saturated rings. The standard InChI is InChI=1S/C28H31BrN2O5S/c1-28(2,3)36-27(32)31-17-15-21-9-14-25(26(29)24(21)16-18-31)30-37(33,34)23-12-10-22(11-13-23)35-19-20-7-5-4-6-8-20/h4-14,30H,15-19H2,1-3H3. The lowest BCUT2D eigenvalue weighted by molar-refractivity contribution is 0.0258.